The van der Waals surface area contributed by atoms with Crippen LogP contribution in [0.3, 0.4) is 0 Å². The Hall–Kier alpha value is -2.14. The number of halogens is 1. The summed E-state index contributed by atoms with van der Waals surface area (Å²) in [6.07, 6.45) is 0. The largest absolute Gasteiger partial charge is 0.455 e. The summed E-state index contributed by atoms with van der Waals surface area (Å²) in [6.45, 7) is 7.66. The van der Waals surface area contributed by atoms with Crippen molar-refractivity contribution in [2.75, 3.05) is 5.32 Å². The van der Waals surface area contributed by atoms with Gasteiger partial charge in [0.15, 0.2) is 16.7 Å². The van der Waals surface area contributed by atoms with Crippen LogP contribution in [-0.4, -0.2) is 21.5 Å². The maximum atomic E-state index is 12.1. The van der Waals surface area contributed by atoms with Gasteiger partial charge in [-0.05, 0) is 33.3 Å². The minimum Gasteiger partial charge on any atom is -0.455 e. The number of carbonyl (C=O) groups is 1. The highest BCUT2D eigenvalue weighted by atomic mass is 35.5. The van der Waals surface area contributed by atoms with Crippen LogP contribution >= 0.6 is 11.6 Å². The van der Waals surface area contributed by atoms with Gasteiger partial charge in [0.25, 0.3) is 0 Å². The van der Waals surface area contributed by atoms with Gasteiger partial charge in [-0.25, -0.2) is 14.8 Å². The zero-order valence-corrected chi connectivity index (χ0v) is 14.4. The van der Waals surface area contributed by atoms with E-state index in [0.29, 0.717) is 18.1 Å². The molecule has 0 radical (unpaired) electrons. The Morgan fingerprint density at radius 1 is 1.22 bits per heavy atom. The van der Waals surface area contributed by atoms with Gasteiger partial charge >= 0.3 is 5.97 Å². The van der Waals surface area contributed by atoms with Gasteiger partial charge in [-0.1, -0.05) is 41.9 Å². The molecule has 0 amide bonds. The second-order valence-electron chi connectivity index (χ2n) is 6.14. The molecule has 2 rings (SSSR count). The van der Waals surface area contributed by atoms with Crippen molar-refractivity contribution in [2.45, 2.75) is 39.8 Å². The lowest BCUT2D eigenvalue weighted by atomic mass is 10.2. The number of rotatable bonds is 4. The van der Waals surface area contributed by atoms with Gasteiger partial charge in [-0.3, -0.25) is 0 Å². The summed E-state index contributed by atoms with van der Waals surface area (Å²) in [5.41, 5.74) is 1.11. The highest BCUT2D eigenvalue weighted by Crippen LogP contribution is 2.21. The normalized spacial score (nSPS) is 11.2. The monoisotopic (exact) mass is 333 g/mol. The van der Waals surface area contributed by atoms with E-state index in [4.69, 9.17) is 16.3 Å². The third kappa shape index (κ3) is 4.93. The molecule has 2 aromatic rings. The van der Waals surface area contributed by atoms with Crippen molar-refractivity contribution in [3.63, 3.8) is 0 Å². The van der Waals surface area contributed by atoms with Crippen molar-refractivity contribution in [3.8, 4) is 0 Å². The van der Waals surface area contributed by atoms with Crippen LogP contribution in [0.15, 0.2) is 30.3 Å². The van der Waals surface area contributed by atoms with Gasteiger partial charge in [0.1, 0.15) is 5.60 Å². The second kappa shape index (κ2) is 6.96. The second-order valence-corrected chi connectivity index (χ2v) is 6.50. The Bertz CT molecular complexity index is 697. The minimum absolute atomic E-state index is 0.134. The Morgan fingerprint density at radius 3 is 2.48 bits per heavy atom. The van der Waals surface area contributed by atoms with Crippen molar-refractivity contribution in [3.05, 3.63) is 52.4 Å². The summed E-state index contributed by atoms with van der Waals surface area (Å²) in [7, 11) is 0. The summed E-state index contributed by atoms with van der Waals surface area (Å²) >= 11 is 6.14. The molecule has 1 heterocycles. The summed E-state index contributed by atoms with van der Waals surface area (Å²) in [4.78, 5) is 20.6. The third-order valence-corrected chi connectivity index (χ3v) is 3.19. The number of nitrogens with one attached hydrogen (secondary N) is 1. The number of benzene rings is 1. The fourth-order valence-corrected chi connectivity index (χ4v) is 2.11. The number of aromatic nitrogens is 2. The van der Waals surface area contributed by atoms with Crippen molar-refractivity contribution in [1.82, 2.24) is 9.97 Å². The fraction of sp³-hybridized carbons (Fsp3) is 0.353. The molecule has 23 heavy (non-hydrogen) atoms. The SMILES string of the molecule is Cc1nc(NCc2ccccc2)c(Cl)nc1C(=O)OC(C)(C)C. The van der Waals surface area contributed by atoms with Crippen LogP contribution in [-0.2, 0) is 11.3 Å². The van der Waals surface area contributed by atoms with Crippen LogP contribution in [0.1, 0.15) is 42.5 Å². The standard InChI is InChI=1S/C17H20ClN3O2/c1-11-13(16(22)23-17(2,3)4)21-14(18)15(20-11)19-10-12-8-6-5-7-9-12/h5-9H,10H2,1-4H3,(H,19,20). The van der Waals surface area contributed by atoms with E-state index in [2.05, 4.69) is 15.3 Å². The van der Waals surface area contributed by atoms with Gasteiger partial charge in [-0.2, -0.15) is 0 Å². The van der Waals surface area contributed by atoms with Crippen molar-refractivity contribution >= 4 is 23.4 Å². The van der Waals surface area contributed by atoms with Gasteiger partial charge in [-0.15, -0.1) is 0 Å². The molecule has 1 N–H and O–H groups in total. The average Bonchev–Trinajstić information content (AvgIpc) is 2.47. The third-order valence-electron chi connectivity index (χ3n) is 2.92. The maximum Gasteiger partial charge on any atom is 0.359 e. The van der Waals surface area contributed by atoms with Gasteiger partial charge in [0.2, 0.25) is 0 Å². The molecule has 0 aliphatic heterocycles. The number of hydrogen-bond donors (Lipinski definition) is 1. The van der Waals surface area contributed by atoms with E-state index in [1.54, 1.807) is 27.7 Å². The molecule has 1 aromatic heterocycles. The van der Waals surface area contributed by atoms with E-state index >= 15 is 0 Å². The number of anilines is 1. The minimum atomic E-state index is -0.595. The first-order valence-corrected chi connectivity index (χ1v) is 7.69. The summed E-state index contributed by atoms with van der Waals surface area (Å²) in [5.74, 6) is -0.0839. The van der Waals surface area contributed by atoms with Crippen LogP contribution in [0.4, 0.5) is 5.82 Å². The Balaban J connectivity index is 2.15. The summed E-state index contributed by atoms with van der Waals surface area (Å²) < 4.78 is 5.31. The first-order chi connectivity index (χ1) is 10.8. The fourth-order valence-electron chi connectivity index (χ4n) is 1.91. The predicted octanol–water partition coefficient (Wildman–Crippen LogP) is 4.01. The van der Waals surface area contributed by atoms with Gasteiger partial charge in [0, 0.05) is 6.54 Å². The number of esters is 1. The number of hydrogen-bond acceptors (Lipinski definition) is 5. The molecule has 0 saturated heterocycles. The molecule has 0 saturated carbocycles. The average molecular weight is 334 g/mol. The Morgan fingerprint density at radius 2 is 1.87 bits per heavy atom. The van der Waals surface area contributed by atoms with Crippen LogP contribution in [0.25, 0.3) is 0 Å². The lowest BCUT2D eigenvalue weighted by Gasteiger charge is -2.19. The predicted molar refractivity (Wildman–Crippen MR) is 90.7 cm³/mol. The van der Waals surface area contributed by atoms with Gasteiger partial charge < -0.3 is 10.1 Å². The van der Waals surface area contributed by atoms with Crippen molar-refractivity contribution in [1.29, 1.82) is 0 Å². The van der Waals surface area contributed by atoms with Crippen LogP contribution in [0.2, 0.25) is 5.15 Å². The van der Waals surface area contributed by atoms with Crippen molar-refractivity contribution in [2.24, 2.45) is 0 Å². The van der Waals surface area contributed by atoms with Crippen molar-refractivity contribution < 1.29 is 9.53 Å². The first-order valence-electron chi connectivity index (χ1n) is 7.31. The maximum absolute atomic E-state index is 12.1. The molecular formula is C17H20ClN3O2. The van der Waals surface area contributed by atoms with E-state index in [1.165, 1.54) is 0 Å². The Labute approximate surface area is 141 Å². The van der Waals surface area contributed by atoms with E-state index in [1.807, 2.05) is 30.3 Å². The van der Waals surface area contributed by atoms with Crippen LogP contribution < -0.4 is 5.32 Å². The molecule has 0 unspecified atom stereocenters. The quantitative estimate of drug-likeness (QED) is 0.856. The van der Waals surface area contributed by atoms with E-state index in [9.17, 15) is 4.79 Å². The molecule has 0 aliphatic rings. The first kappa shape index (κ1) is 17.2. The zero-order valence-electron chi connectivity index (χ0n) is 13.7. The highest BCUT2D eigenvalue weighted by molar-refractivity contribution is 6.31. The molecule has 122 valence electrons. The Kier molecular flexibility index (Phi) is 5.21. The summed E-state index contributed by atoms with van der Waals surface area (Å²) in [5, 5.41) is 3.27. The molecule has 5 nitrogen and oxygen atoms in total. The van der Waals surface area contributed by atoms with Crippen LogP contribution in [0.5, 0.6) is 0 Å². The molecule has 0 atom stereocenters. The number of nitrogens with zero attached hydrogens (tertiary/aromatic N) is 2. The molecule has 0 fully saturated rings. The molecule has 1 aromatic carbocycles. The number of aryl methyl sites for hydroxylation is 1. The lowest BCUT2D eigenvalue weighted by Crippen LogP contribution is -2.25. The number of carbonyl (C=O) groups excluding carboxylic acids is 1. The molecule has 6 heteroatoms. The smallest absolute Gasteiger partial charge is 0.359 e. The topological polar surface area (TPSA) is 64.1 Å². The van der Waals surface area contributed by atoms with Gasteiger partial charge in [0.05, 0.1) is 5.69 Å². The zero-order chi connectivity index (χ0) is 17.0. The highest BCUT2D eigenvalue weighted by Gasteiger charge is 2.22. The molecule has 0 spiro atoms. The summed E-state index contributed by atoms with van der Waals surface area (Å²) in [6, 6.07) is 9.87. The molecule has 0 bridgehead atoms. The van der Waals surface area contributed by atoms with E-state index in [-0.39, 0.29) is 10.8 Å². The van der Waals surface area contributed by atoms with E-state index < -0.39 is 11.6 Å². The molecule has 0 aliphatic carbocycles. The lowest BCUT2D eigenvalue weighted by molar-refractivity contribution is 0.00614. The number of ether oxygens (including phenoxy) is 1. The molecular weight excluding hydrogens is 314 g/mol. The van der Waals surface area contributed by atoms with E-state index in [0.717, 1.165) is 5.56 Å². The van der Waals surface area contributed by atoms with Crippen LogP contribution in [0, 0.1) is 6.92 Å².